The Hall–Kier alpha value is -1.68. The molecule has 1 saturated heterocycles. The van der Waals surface area contributed by atoms with Crippen molar-refractivity contribution in [1.29, 1.82) is 0 Å². The minimum atomic E-state index is -0.200. The zero-order chi connectivity index (χ0) is 11.7. The first-order valence-corrected chi connectivity index (χ1v) is 5.86. The van der Waals surface area contributed by atoms with Crippen molar-refractivity contribution in [2.24, 2.45) is 0 Å². The van der Waals surface area contributed by atoms with Crippen molar-refractivity contribution < 1.29 is 4.39 Å². The number of imidazole rings is 1. The first-order valence-electron chi connectivity index (χ1n) is 5.86. The molecule has 1 aromatic carbocycles. The molecular weight excluding hydrogens is 217 g/mol. The Morgan fingerprint density at radius 1 is 1.41 bits per heavy atom. The Morgan fingerprint density at radius 2 is 2.35 bits per heavy atom. The van der Waals surface area contributed by atoms with Gasteiger partial charge in [0.1, 0.15) is 5.82 Å². The summed E-state index contributed by atoms with van der Waals surface area (Å²) in [6.45, 7) is 1.02. The number of aromatic nitrogens is 2. The molecule has 0 aliphatic carbocycles. The van der Waals surface area contributed by atoms with E-state index in [4.69, 9.17) is 0 Å². The molecule has 1 unspecified atom stereocenters. The topological polar surface area (TPSA) is 29.9 Å². The van der Waals surface area contributed by atoms with Crippen LogP contribution in [0.15, 0.2) is 36.9 Å². The molecule has 17 heavy (non-hydrogen) atoms. The summed E-state index contributed by atoms with van der Waals surface area (Å²) in [7, 11) is 0. The average Bonchev–Trinajstić information content (AvgIpc) is 3.02. The third kappa shape index (κ3) is 1.96. The van der Waals surface area contributed by atoms with E-state index in [0.717, 1.165) is 24.9 Å². The number of hydrogen-bond acceptors (Lipinski definition) is 2. The third-order valence-electron chi connectivity index (χ3n) is 3.22. The number of halogens is 1. The molecule has 0 amide bonds. The quantitative estimate of drug-likeness (QED) is 0.860. The lowest BCUT2D eigenvalue weighted by molar-refractivity contribution is 0.599. The lowest BCUT2D eigenvalue weighted by Gasteiger charge is -2.12. The molecule has 1 N–H and O–H groups in total. The van der Waals surface area contributed by atoms with E-state index in [1.165, 1.54) is 0 Å². The molecule has 1 aliphatic heterocycles. The number of benzene rings is 1. The Morgan fingerprint density at radius 3 is 3.00 bits per heavy atom. The van der Waals surface area contributed by atoms with Crippen LogP contribution in [0, 0.1) is 5.82 Å². The van der Waals surface area contributed by atoms with Crippen LogP contribution >= 0.6 is 0 Å². The van der Waals surface area contributed by atoms with E-state index in [9.17, 15) is 4.39 Å². The van der Waals surface area contributed by atoms with Gasteiger partial charge in [0, 0.05) is 18.4 Å². The maximum absolute atomic E-state index is 14.0. The van der Waals surface area contributed by atoms with Crippen LogP contribution in [0.3, 0.4) is 0 Å². The molecule has 0 radical (unpaired) electrons. The second-order valence-corrected chi connectivity index (χ2v) is 4.33. The normalized spacial score (nSPS) is 19.7. The van der Waals surface area contributed by atoms with Crippen molar-refractivity contribution in [3.63, 3.8) is 0 Å². The average molecular weight is 231 g/mol. The summed E-state index contributed by atoms with van der Waals surface area (Å²) in [5, 5.41) is 3.37. The molecular formula is C13H14FN3. The predicted molar refractivity (Wildman–Crippen MR) is 63.5 cm³/mol. The maximum atomic E-state index is 14.0. The summed E-state index contributed by atoms with van der Waals surface area (Å²) >= 11 is 0. The van der Waals surface area contributed by atoms with E-state index in [2.05, 4.69) is 10.3 Å². The monoisotopic (exact) mass is 231 g/mol. The van der Waals surface area contributed by atoms with Crippen molar-refractivity contribution in [3.8, 4) is 5.69 Å². The second-order valence-electron chi connectivity index (χ2n) is 4.33. The number of hydrogen-bond donors (Lipinski definition) is 1. The maximum Gasteiger partial charge on any atom is 0.147 e. The van der Waals surface area contributed by atoms with Gasteiger partial charge in [-0.1, -0.05) is 6.07 Å². The molecule has 3 rings (SSSR count). The largest absolute Gasteiger partial charge is 0.310 e. The zero-order valence-electron chi connectivity index (χ0n) is 9.44. The molecule has 0 spiro atoms. The SMILES string of the molecule is Fc1cc(C2CCCN2)ccc1-n1ccnc1. The van der Waals surface area contributed by atoms with Crippen molar-refractivity contribution in [3.05, 3.63) is 48.3 Å². The summed E-state index contributed by atoms with van der Waals surface area (Å²) in [5.74, 6) is -0.200. The molecule has 1 aromatic heterocycles. The van der Waals surface area contributed by atoms with Gasteiger partial charge in [0.15, 0.2) is 0 Å². The van der Waals surface area contributed by atoms with Crippen LogP contribution in [0.5, 0.6) is 0 Å². The number of nitrogens with zero attached hydrogens (tertiary/aromatic N) is 2. The molecule has 1 fully saturated rings. The summed E-state index contributed by atoms with van der Waals surface area (Å²) in [5.41, 5.74) is 1.58. The lowest BCUT2D eigenvalue weighted by Crippen LogP contribution is -2.13. The smallest absolute Gasteiger partial charge is 0.147 e. The molecule has 2 heterocycles. The molecule has 4 heteroatoms. The van der Waals surface area contributed by atoms with Crippen molar-refractivity contribution in [1.82, 2.24) is 14.9 Å². The summed E-state index contributed by atoms with van der Waals surface area (Å²) in [4.78, 5) is 3.92. The number of nitrogens with one attached hydrogen (secondary N) is 1. The Bertz CT molecular complexity index is 501. The molecule has 0 bridgehead atoms. The molecule has 88 valence electrons. The minimum Gasteiger partial charge on any atom is -0.310 e. The van der Waals surface area contributed by atoms with Gasteiger partial charge >= 0.3 is 0 Å². The fourth-order valence-electron chi connectivity index (χ4n) is 2.32. The van der Waals surface area contributed by atoms with Gasteiger partial charge in [0.05, 0.1) is 12.0 Å². The van der Waals surface area contributed by atoms with Crippen molar-refractivity contribution in [2.75, 3.05) is 6.54 Å². The van der Waals surface area contributed by atoms with Gasteiger partial charge in [-0.3, -0.25) is 0 Å². The fourth-order valence-corrected chi connectivity index (χ4v) is 2.32. The fraction of sp³-hybridized carbons (Fsp3) is 0.308. The summed E-state index contributed by atoms with van der Waals surface area (Å²) in [6.07, 6.45) is 7.24. The van der Waals surface area contributed by atoms with Gasteiger partial charge < -0.3 is 9.88 Å². The lowest BCUT2D eigenvalue weighted by atomic mass is 10.0. The van der Waals surface area contributed by atoms with E-state index < -0.39 is 0 Å². The van der Waals surface area contributed by atoms with E-state index in [1.54, 1.807) is 29.4 Å². The van der Waals surface area contributed by atoms with Crippen LogP contribution in [0.1, 0.15) is 24.4 Å². The molecule has 3 nitrogen and oxygen atoms in total. The van der Waals surface area contributed by atoms with Crippen molar-refractivity contribution in [2.45, 2.75) is 18.9 Å². The van der Waals surface area contributed by atoms with Gasteiger partial charge in [0.2, 0.25) is 0 Å². The predicted octanol–water partition coefficient (Wildman–Crippen LogP) is 2.44. The van der Waals surface area contributed by atoms with Gasteiger partial charge in [-0.15, -0.1) is 0 Å². The van der Waals surface area contributed by atoms with E-state index >= 15 is 0 Å². The highest BCUT2D eigenvalue weighted by molar-refractivity contribution is 5.37. The standard InChI is InChI=1S/C13H14FN3/c14-11-8-10(12-2-1-5-16-12)3-4-13(11)17-7-6-15-9-17/h3-4,6-9,12,16H,1-2,5H2. The minimum absolute atomic E-state index is 0.200. The first-order chi connectivity index (χ1) is 8.34. The highest BCUT2D eigenvalue weighted by atomic mass is 19.1. The van der Waals surface area contributed by atoms with Crippen LogP contribution < -0.4 is 5.32 Å². The van der Waals surface area contributed by atoms with Crippen LogP contribution in [0.4, 0.5) is 4.39 Å². The Kier molecular flexibility index (Phi) is 2.65. The Balaban J connectivity index is 1.94. The van der Waals surface area contributed by atoms with Gasteiger partial charge in [-0.05, 0) is 37.1 Å². The second kappa shape index (κ2) is 4.30. The van der Waals surface area contributed by atoms with Crippen LogP contribution in [0.25, 0.3) is 5.69 Å². The summed E-state index contributed by atoms with van der Waals surface area (Å²) in [6, 6.07) is 5.73. The first kappa shape index (κ1) is 10.5. The van der Waals surface area contributed by atoms with Crippen LogP contribution in [-0.2, 0) is 0 Å². The van der Waals surface area contributed by atoms with Gasteiger partial charge in [-0.2, -0.15) is 0 Å². The third-order valence-corrected chi connectivity index (χ3v) is 3.22. The van der Waals surface area contributed by atoms with Gasteiger partial charge in [-0.25, -0.2) is 9.37 Å². The number of rotatable bonds is 2. The van der Waals surface area contributed by atoms with Crippen molar-refractivity contribution >= 4 is 0 Å². The molecule has 1 atom stereocenters. The van der Waals surface area contributed by atoms with Crippen LogP contribution in [-0.4, -0.2) is 16.1 Å². The van der Waals surface area contributed by atoms with E-state index in [1.807, 2.05) is 12.1 Å². The Labute approximate surface area is 99.3 Å². The highest BCUT2D eigenvalue weighted by Crippen LogP contribution is 2.25. The summed E-state index contributed by atoms with van der Waals surface area (Å²) < 4.78 is 15.7. The van der Waals surface area contributed by atoms with Crippen LogP contribution in [0.2, 0.25) is 0 Å². The zero-order valence-corrected chi connectivity index (χ0v) is 9.44. The van der Waals surface area contributed by atoms with E-state index in [-0.39, 0.29) is 5.82 Å². The molecule has 2 aromatic rings. The van der Waals surface area contributed by atoms with Gasteiger partial charge in [0.25, 0.3) is 0 Å². The van der Waals surface area contributed by atoms with E-state index in [0.29, 0.717) is 11.7 Å². The highest BCUT2D eigenvalue weighted by Gasteiger charge is 2.17. The molecule has 0 saturated carbocycles. The molecule has 1 aliphatic rings.